The van der Waals surface area contributed by atoms with Crippen molar-refractivity contribution >= 4 is 0 Å². The topological polar surface area (TPSA) is 3.24 Å². The first-order valence-electron chi connectivity index (χ1n) is 5.34. The van der Waals surface area contributed by atoms with Crippen molar-refractivity contribution in [2.75, 3.05) is 13.1 Å². The summed E-state index contributed by atoms with van der Waals surface area (Å²) in [6.07, 6.45) is 8.91. The van der Waals surface area contributed by atoms with Crippen molar-refractivity contribution in [1.82, 2.24) is 4.90 Å². The molecule has 0 fully saturated rings. The molecule has 13 heavy (non-hydrogen) atoms. The molecule has 0 unspecified atom stereocenters. The van der Waals surface area contributed by atoms with E-state index in [1.54, 1.807) is 0 Å². The molecule has 0 aliphatic heterocycles. The van der Waals surface area contributed by atoms with E-state index < -0.39 is 0 Å². The first-order chi connectivity index (χ1) is 6.29. The smallest absolute Gasteiger partial charge is 0.0319 e. The molecule has 0 saturated carbocycles. The Morgan fingerprint density at radius 3 is 1.92 bits per heavy atom. The first-order valence-corrected chi connectivity index (χ1v) is 5.34. The molecular weight excluding hydrogens is 158 g/mol. The Morgan fingerprint density at radius 2 is 1.62 bits per heavy atom. The van der Waals surface area contributed by atoms with E-state index in [0.29, 0.717) is 0 Å². The van der Waals surface area contributed by atoms with E-state index in [0.717, 1.165) is 13.1 Å². The summed E-state index contributed by atoms with van der Waals surface area (Å²) >= 11 is 0. The fourth-order valence-electron chi connectivity index (χ4n) is 1.46. The fraction of sp³-hybridized carbons (Fsp3) is 0.667. The van der Waals surface area contributed by atoms with Crippen LogP contribution < -0.4 is 0 Å². The molecule has 76 valence electrons. The minimum atomic E-state index is 1.16. The van der Waals surface area contributed by atoms with E-state index in [2.05, 4.69) is 50.8 Å². The molecule has 0 aromatic carbocycles. The summed E-state index contributed by atoms with van der Waals surface area (Å²) < 4.78 is 0. The lowest BCUT2D eigenvalue weighted by Gasteiger charge is -2.24. The first kappa shape index (κ1) is 12.3. The van der Waals surface area contributed by atoms with Gasteiger partial charge in [0, 0.05) is 18.8 Å². The molecule has 0 atom stereocenters. The molecule has 0 N–H and O–H groups in total. The minimum Gasteiger partial charge on any atom is -0.372 e. The molecule has 1 heteroatoms. The van der Waals surface area contributed by atoms with Gasteiger partial charge in [-0.25, -0.2) is 0 Å². The molecule has 0 radical (unpaired) electrons. The van der Waals surface area contributed by atoms with E-state index in [1.165, 1.54) is 18.5 Å². The molecule has 0 rings (SSSR count). The Labute approximate surface area is 83.1 Å². The number of nitrogens with zero attached hydrogens (tertiary/aromatic N) is 1. The van der Waals surface area contributed by atoms with Crippen molar-refractivity contribution in [3.05, 3.63) is 23.9 Å². The highest BCUT2D eigenvalue weighted by Gasteiger charge is 2.02. The fourth-order valence-corrected chi connectivity index (χ4v) is 1.46. The summed E-state index contributed by atoms with van der Waals surface area (Å²) in [6.45, 7) is 11.0. The zero-order chi connectivity index (χ0) is 10.1. The third-order valence-electron chi connectivity index (χ3n) is 1.99. The van der Waals surface area contributed by atoms with Gasteiger partial charge in [-0.05, 0) is 32.8 Å². The Balaban J connectivity index is 4.30. The molecule has 1 nitrogen and oxygen atoms in total. The second kappa shape index (κ2) is 7.90. The Morgan fingerprint density at radius 1 is 1.08 bits per heavy atom. The summed E-state index contributed by atoms with van der Waals surface area (Å²) in [6, 6.07) is 0. The number of hydrogen-bond acceptors (Lipinski definition) is 1. The Bertz CT molecular complexity index is 162. The summed E-state index contributed by atoms with van der Waals surface area (Å²) in [5, 5.41) is 0. The van der Waals surface area contributed by atoms with Crippen LogP contribution in [0, 0.1) is 0 Å². The third-order valence-corrected chi connectivity index (χ3v) is 1.99. The second-order valence-electron chi connectivity index (χ2n) is 3.20. The SMILES string of the molecule is C/C=C/C(=C\C)N(CCC)CCC. The summed E-state index contributed by atoms with van der Waals surface area (Å²) in [5.41, 5.74) is 1.35. The van der Waals surface area contributed by atoms with Crippen molar-refractivity contribution in [3.8, 4) is 0 Å². The van der Waals surface area contributed by atoms with E-state index in [9.17, 15) is 0 Å². The normalized spacial score (nSPS) is 12.5. The predicted molar refractivity (Wildman–Crippen MR) is 60.7 cm³/mol. The maximum Gasteiger partial charge on any atom is 0.0319 e. The van der Waals surface area contributed by atoms with Crippen LogP contribution in [0.5, 0.6) is 0 Å². The molecule has 0 saturated heterocycles. The van der Waals surface area contributed by atoms with Crippen LogP contribution in [-0.4, -0.2) is 18.0 Å². The highest BCUT2D eigenvalue weighted by Crippen LogP contribution is 2.07. The average molecular weight is 181 g/mol. The van der Waals surface area contributed by atoms with Crippen LogP contribution in [0.2, 0.25) is 0 Å². The van der Waals surface area contributed by atoms with E-state index in [1.807, 2.05) is 0 Å². The monoisotopic (exact) mass is 181 g/mol. The van der Waals surface area contributed by atoms with Gasteiger partial charge in [0.2, 0.25) is 0 Å². The molecule has 0 aromatic heterocycles. The quantitative estimate of drug-likeness (QED) is 0.566. The highest BCUT2D eigenvalue weighted by atomic mass is 15.1. The van der Waals surface area contributed by atoms with Gasteiger partial charge in [0.1, 0.15) is 0 Å². The molecule has 0 spiro atoms. The molecule has 0 amide bonds. The summed E-state index contributed by atoms with van der Waals surface area (Å²) in [5.74, 6) is 0. The lowest BCUT2D eigenvalue weighted by atomic mass is 10.2. The Hall–Kier alpha value is -0.720. The maximum atomic E-state index is 2.44. The van der Waals surface area contributed by atoms with Crippen LogP contribution in [0.3, 0.4) is 0 Å². The third kappa shape index (κ3) is 4.76. The predicted octanol–water partition coefficient (Wildman–Crippen LogP) is 3.59. The molecule has 0 heterocycles. The van der Waals surface area contributed by atoms with Crippen LogP contribution in [0.4, 0.5) is 0 Å². The van der Waals surface area contributed by atoms with Gasteiger partial charge in [-0.1, -0.05) is 26.0 Å². The van der Waals surface area contributed by atoms with Crippen molar-refractivity contribution in [2.45, 2.75) is 40.5 Å². The molecular formula is C12H23N. The zero-order valence-electron chi connectivity index (χ0n) is 9.51. The zero-order valence-corrected chi connectivity index (χ0v) is 9.51. The van der Waals surface area contributed by atoms with E-state index >= 15 is 0 Å². The van der Waals surface area contributed by atoms with Gasteiger partial charge in [0.25, 0.3) is 0 Å². The van der Waals surface area contributed by atoms with Gasteiger partial charge in [0.15, 0.2) is 0 Å². The van der Waals surface area contributed by atoms with Crippen LogP contribution in [0.15, 0.2) is 23.9 Å². The van der Waals surface area contributed by atoms with Gasteiger partial charge in [-0.15, -0.1) is 0 Å². The van der Waals surface area contributed by atoms with Crippen molar-refractivity contribution in [2.24, 2.45) is 0 Å². The van der Waals surface area contributed by atoms with Crippen LogP contribution in [0.1, 0.15) is 40.5 Å². The van der Waals surface area contributed by atoms with Gasteiger partial charge in [-0.2, -0.15) is 0 Å². The van der Waals surface area contributed by atoms with Crippen LogP contribution in [-0.2, 0) is 0 Å². The van der Waals surface area contributed by atoms with Gasteiger partial charge in [0.05, 0.1) is 0 Å². The molecule has 0 bridgehead atoms. The number of hydrogen-bond donors (Lipinski definition) is 0. The van der Waals surface area contributed by atoms with Crippen LogP contribution >= 0.6 is 0 Å². The summed E-state index contributed by atoms with van der Waals surface area (Å²) in [4.78, 5) is 2.44. The largest absolute Gasteiger partial charge is 0.372 e. The van der Waals surface area contributed by atoms with Gasteiger partial charge < -0.3 is 4.90 Å². The number of rotatable bonds is 6. The Kier molecular flexibility index (Phi) is 7.47. The average Bonchev–Trinajstić information content (AvgIpc) is 2.14. The van der Waals surface area contributed by atoms with E-state index in [-0.39, 0.29) is 0 Å². The van der Waals surface area contributed by atoms with Crippen molar-refractivity contribution < 1.29 is 0 Å². The highest BCUT2D eigenvalue weighted by molar-refractivity contribution is 5.16. The molecule has 0 aromatic rings. The van der Waals surface area contributed by atoms with E-state index in [4.69, 9.17) is 0 Å². The van der Waals surface area contributed by atoms with Crippen LogP contribution in [0.25, 0.3) is 0 Å². The van der Waals surface area contributed by atoms with Crippen molar-refractivity contribution in [3.63, 3.8) is 0 Å². The van der Waals surface area contributed by atoms with Gasteiger partial charge >= 0.3 is 0 Å². The number of allylic oxidation sites excluding steroid dienone is 3. The molecule has 0 aliphatic carbocycles. The lowest BCUT2D eigenvalue weighted by Crippen LogP contribution is -2.23. The lowest BCUT2D eigenvalue weighted by molar-refractivity contribution is 0.354. The summed E-state index contributed by atoms with van der Waals surface area (Å²) in [7, 11) is 0. The maximum absolute atomic E-state index is 2.44. The second-order valence-corrected chi connectivity index (χ2v) is 3.20. The standard InChI is InChI=1S/C12H23N/c1-5-9-12(8-4)13(10-6-2)11-7-3/h5,8-9H,6-7,10-11H2,1-4H3/b9-5+,12-8+. The van der Waals surface area contributed by atoms with Gasteiger partial charge in [-0.3, -0.25) is 0 Å². The van der Waals surface area contributed by atoms with Crippen molar-refractivity contribution in [1.29, 1.82) is 0 Å². The minimum absolute atomic E-state index is 1.16. The molecule has 0 aliphatic rings.